The van der Waals surface area contributed by atoms with E-state index in [9.17, 15) is 0 Å². The van der Waals surface area contributed by atoms with Gasteiger partial charge in [-0.15, -0.1) is 0 Å². The number of hydrogen-bond acceptors (Lipinski definition) is 2. The van der Waals surface area contributed by atoms with Crippen molar-refractivity contribution in [3.8, 4) is 33.6 Å². The average Bonchev–Trinajstić information content (AvgIpc) is 3.85. The van der Waals surface area contributed by atoms with Crippen LogP contribution < -0.4 is 0 Å². The lowest BCUT2D eigenvalue weighted by molar-refractivity contribution is 0.668. The first-order chi connectivity index (χ1) is 25.3. The van der Waals surface area contributed by atoms with Crippen LogP contribution in [0.25, 0.3) is 99.3 Å². The topological polar surface area (TPSA) is 35.9 Å². The largest absolute Gasteiger partial charge is 0.454 e. The zero-order valence-electron chi connectivity index (χ0n) is 27.5. The van der Waals surface area contributed by atoms with Crippen LogP contribution in [0.1, 0.15) is 0 Å². The number of rotatable bonds is 4. The number of nitrogens with zero attached hydrogens (tertiary/aromatic N) is 3. The van der Waals surface area contributed by atoms with Gasteiger partial charge in [0.2, 0.25) is 0 Å². The van der Waals surface area contributed by atoms with Crippen LogP contribution >= 0.6 is 0 Å². The van der Waals surface area contributed by atoms with Gasteiger partial charge in [-0.2, -0.15) is 0 Å². The van der Waals surface area contributed by atoms with Crippen LogP contribution in [-0.2, 0) is 0 Å². The number of fused-ring (bicyclic) bond motifs is 9. The quantitative estimate of drug-likeness (QED) is 0.190. The highest BCUT2D eigenvalue weighted by atomic mass is 16.3. The van der Waals surface area contributed by atoms with Gasteiger partial charge in [-0.3, -0.25) is 4.98 Å². The fourth-order valence-electron chi connectivity index (χ4n) is 8.02. The van der Waals surface area contributed by atoms with Crippen molar-refractivity contribution in [3.05, 3.63) is 176 Å². The van der Waals surface area contributed by atoms with Crippen molar-refractivity contribution < 1.29 is 4.42 Å². The van der Waals surface area contributed by atoms with Gasteiger partial charge in [0.15, 0.2) is 5.58 Å². The van der Waals surface area contributed by atoms with E-state index in [4.69, 9.17) is 4.42 Å². The minimum atomic E-state index is 0.799. The normalized spacial score (nSPS) is 11.9. The van der Waals surface area contributed by atoms with Crippen molar-refractivity contribution in [1.29, 1.82) is 0 Å². The molecule has 0 amide bonds. The molecule has 4 aromatic heterocycles. The summed E-state index contributed by atoms with van der Waals surface area (Å²) in [5, 5.41) is 5.93. The molecule has 0 unspecified atom stereocenters. The molecule has 4 heteroatoms. The number of para-hydroxylation sites is 2. The lowest BCUT2D eigenvalue weighted by atomic mass is 9.99. The summed E-state index contributed by atoms with van der Waals surface area (Å²) in [6.45, 7) is 0. The lowest BCUT2D eigenvalue weighted by Crippen LogP contribution is -1.94. The molecule has 11 aromatic rings. The van der Waals surface area contributed by atoms with Crippen molar-refractivity contribution in [1.82, 2.24) is 14.1 Å². The molecule has 0 aliphatic rings. The van der Waals surface area contributed by atoms with E-state index in [0.29, 0.717) is 0 Å². The Morgan fingerprint density at radius 3 is 1.63 bits per heavy atom. The van der Waals surface area contributed by atoms with Crippen LogP contribution in [0, 0.1) is 0 Å². The first kappa shape index (κ1) is 28.0. The second-order valence-electron chi connectivity index (χ2n) is 13.2. The van der Waals surface area contributed by atoms with E-state index in [-0.39, 0.29) is 0 Å². The van der Waals surface area contributed by atoms with Crippen LogP contribution in [0.4, 0.5) is 0 Å². The maximum atomic E-state index is 6.14. The van der Waals surface area contributed by atoms with Crippen molar-refractivity contribution in [2.24, 2.45) is 0 Å². The SMILES string of the molecule is c1ccc(-c2ccc3c(c2)c2cc(-c4ccc5c(c4)c4ccccc4n5-c4ccccc4)ccc2n3-c2ccc3oc4cccnc4c3c2)cc1. The fraction of sp³-hybridized carbons (Fsp3) is 0. The van der Waals surface area contributed by atoms with Gasteiger partial charge < -0.3 is 13.6 Å². The number of pyridine rings is 1. The molecule has 238 valence electrons. The Hall–Kier alpha value is -6.91. The number of aromatic nitrogens is 3. The van der Waals surface area contributed by atoms with Crippen molar-refractivity contribution in [2.45, 2.75) is 0 Å². The monoisotopic (exact) mass is 651 g/mol. The Kier molecular flexibility index (Phi) is 5.92. The third kappa shape index (κ3) is 4.23. The minimum Gasteiger partial charge on any atom is -0.454 e. The Morgan fingerprint density at radius 2 is 0.922 bits per heavy atom. The van der Waals surface area contributed by atoms with Gasteiger partial charge >= 0.3 is 0 Å². The van der Waals surface area contributed by atoms with Crippen molar-refractivity contribution in [3.63, 3.8) is 0 Å². The number of hydrogen-bond donors (Lipinski definition) is 0. The van der Waals surface area contributed by atoms with E-state index in [2.05, 4.69) is 172 Å². The molecule has 11 rings (SSSR count). The maximum Gasteiger partial charge on any atom is 0.153 e. The molecule has 0 spiro atoms. The highest BCUT2D eigenvalue weighted by Crippen LogP contribution is 2.40. The summed E-state index contributed by atoms with van der Waals surface area (Å²) in [4.78, 5) is 4.66. The first-order valence-electron chi connectivity index (χ1n) is 17.3. The summed E-state index contributed by atoms with van der Waals surface area (Å²) in [6.07, 6.45) is 1.83. The summed E-state index contributed by atoms with van der Waals surface area (Å²) >= 11 is 0. The van der Waals surface area contributed by atoms with E-state index in [1.165, 1.54) is 54.8 Å². The standard InChI is InChI=1S/C47H29N3O/c1-3-10-30(11-4-1)31-17-21-43-38(26-31)39-28-33(19-23-44(39)50(43)35-20-24-45-40(29-35)47-46(51-45)16-9-25-48-47)32-18-22-42-37(27-32)36-14-7-8-15-41(36)49(42)34-12-5-2-6-13-34/h1-29H. The van der Waals surface area contributed by atoms with Gasteiger partial charge in [-0.1, -0.05) is 84.9 Å². The van der Waals surface area contributed by atoms with Crippen LogP contribution in [0.15, 0.2) is 180 Å². The molecular weight excluding hydrogens is 623 g/mol. The third-order valence-corrected chi connectivity index (χ3v) is 10.4. The summed E-state index contributed by atoms with van der Waals surface area (Å²) in [5.41, 5.74) is 14.3. The van der Waals surface area contributed by atoms with Crippen molar-refractivity contribution >= 4 is 65.7 Å². The molecular formula is C47H29N3O. The van der Waals surface area contributed by atoms with E-state index in [0.717, 1.165) is 44.5 Å². The highest BCUT2D eigenvalue weighted by molar-refractivity contribution is 6.14. The van der Waals surface area contributed by atoms with Gasteiger partial charge in [0, 0.05) is 44.5 Å². The van der Waals surface area contributed by atoms with Gasteiger partial charge in [0.05, 0.1) is 22.1 Å². The molecule has 7 aromatic carbocycles. The Labute approximate surface area is 293 Å². The molecule has 0 aliphatic carbocycles. The summed E-state index contributed by atoms with van der Waals surface area (Å²) in [6, 6.07) is 60.9. The Balaban J connectivity index is 1.14. The highest BCUT2D eigenvalue weighted by Gasteiger charge is 2.18. The van der Waals surface area contributed by atoms with Crippen LogP contribution in [0.3, 0.4) is 0 Å². The molecule has 0 atom stereocenters. The Morgan fingerprint density at radius 1 is 0.353 bits per heavy atom. The zero-order valence-corrected chi connectivity index (χ0v) is 27.5. The predicted molar refractivity (Wildman–Crippen MR) is 211 cm³/mol. The molecule has 0 aliphatic heterocycles. The van der Waals surface area contributed by atoms with Crippen LogP contribution in [0.5, 0.6) is 0 Å². The molecule has 0 saturated heterocycles. The lowest BCUT2D eigenvalue weighted by Gasteiger charge is -2.09. The Bertz CT molecular complexity index is 3130. The second-order valence-corrected chi connectivity index (χ2v) is 13.2. The summed E-state index contributed by atoms with van der Waals surface area (Å²) in [5.74, 6) is 0. The van der Waals surface area contributed by atoms with Crippen LogP contribution in [-0.4, -0.2) is 14.1 Å². The summed E-state index contributed by atoms with van der Waals surface area (Å²) < 4.78 is 10.9. The smallest absolute Gasteiger partial charge is 0.153 e. The molecule has 4 heterocycles. The van der Waals surface area contributed by atoms with E-state index in [1.807, 2.05) is 18.3 Å². The number of benzene rings is 7. The van der Waals surface area contributed by atoms with Gasteiger partial charge in [-0.05, 0) is 107 Å². The minimum absolute atomic E-state index is 0.799. The molecule has 51 heavy (non-hydrogen) atoms. The third-order valence-electron chi connectivity index (χ3n) is 10.4. The first-order valence-corrected chi connectivity index (χ1v) is 17.3. The zero-order chi connectivity index (χ0) is 33.5. The van der Waals surface area contributed by atoms with Crippen LogP contribution in [0.2, 0.25) is 0 Å². The molecule has 0 N–H and O–H groups in total. The molecule has 0 fully saturated rings. The molecule has 0 saturated carbocycles. The van der Waals surface area contributed by atoms with Gasteiger partial charge in [0.25, 0.3) is 0 Å². The van der Waals surface area contributed by atoms with Gasteiger partial charge in [0.1, 0.15) is 11.1 Å². The van der Waals surface area contributed by atoms with Crippen molar-refractivity contribution in [2.75, 3.05) is 0 Å². The van der Waals surface area contributed by atoms with E-state index < -0.39 is 0 Å². The number of furan rings is 1. The summed E-state index contributed by atoms with van der Waals surface area (Å²) in [7, 11) is 0. The average molecular weight is 652 g/mol. The molecule has 0 bridgehead atoms. The predicted octanol–water partition coefficient (Wildman–Crippen LogP) is 12.5. The van der Waals surface area contributed by atoms with E-state index >= 15 is 0 Å². The maximum absolute atomic E-state index is 6.14. The second kappa shape index (κ2) is 10.8. The molecule has 0 radical (unpaired) electrons. The van der Waals surface area contributed by atoms with Gasteiger partial charge in [-0.25, -0.2) is 0 Å². The molecule has 4 nitrogen and oxygen atoms in total. The fourth-order valence-corrected chi connectivity index (χ4v) is 8.02. The van der Waals surface area contributed by atoms with E-state index in [1.54, 1.807) is 0 Å².